The van der Waals surface area contributed by atoms with Crippen LogP contribution < -0.4 is 0 Å². The van der Waals surface area contributed by atoms with Crippen molar-refractivity contribution in [2.75, 3.05) is 13.2 Å². The maximum absolute atomic E-state index is 10.8. The zero-order valence-electron chi connectivity index (χ0n) is 10.2. The van der Waals surface area contributed by atoms with Gasteiger partial charge in [-0.2, -0.15) is 0 Å². The summed E-state index contributed by atoms with van der Waals surface area (Å²) in [6.07, 6.45) is 0.854. The fraction of sp³-hybridized carbons (Fsp3) is 0.417. The van der Waals surface area contributed by atoms with E-state index in [0.29, 0.717) is 25.3 Å². The largest absolute Gasteiger partial charge is 0.478 e. The van der Waals surface area contributed by atoms with Gasteiger partial charge in [-0.05, 0) is 31.5 Å². The van der Waals surface area contributed by atoms with Crippen LogP contribution in [0, 0.1) is 0 Å². The average molecular weight is 249 g/mol. The van der Waals surface area contributed by atoms with E-state index in [4.69, 9.17) is 9.84 Å². The number of hydrogen-bond donors (Lipinski definition) is 1. The number of carbonyl (C=O) groups is 1. The number of ether oxygens (including phenoxy) is 1. The predicted octanol–water partition coefficient (Wildman–Crippen LogP) is 1.56. The van der Waals surface area contributed by atoms with Gasteiger partial charge in [0.05, 0.1) is 11.1 Å². The number of carboxylic acid groups (broad SMARTS) is 1. The van der Waals surface area contributed by atoms with E-state index >= 15 is 0 Å². The molecule has 0 amide bonds. The number of fused-ring (bicyclic) bond motifs is 1. The summed E-state index contributed by atoms with van der Waals surface area (Å²) in [5, 5.41) is 16.9. The van der Waals surface area contributed by atoms with Crippen LogP contribution in [0.1, 0.15) is 23.7 Å². The molecule has 0 atom stereocenters. The average Bonchev–Trinajstić information content (AvgIpc) is 2.77. The first-order chi connectivity index (χ1) is 8.72. The van der Waals surface area contributed by atoms with E-state index < -0.39 is 5.97 Å². The van der Waals surface area contributed by atoms with Gasteiger partial charge < -0.3 is 9.84 Å². The second kappa shape index (κ2) is 5.59. The van der Waals surface area contributed by atoms with Crippen molar-refractivity contribution < 1.29 is 14.6 Å². The first-order valence-electron chi connectivity index (χ1n) is 5.86. The topological polar surface area (TPSA) is 77.2 Å². The number of nitrogens with zero attached hydrogens (tertiary/aromatic N) is 3. The molecule has 18 heavy (non-hydrogen) atoms. The molecule has 0 bridgehead atoms. The molecular formula is C12H15N3O3. The molecule has 2 rings (SSSR count). The van der Waals surface area contributed by atoms with E-state index in [-0.39, 0.29) is 5.56 Å². The minimum atomic E-state index is -0.956. The number of carboxylic acids is 1. The summed E-state index contributed by atoms with van der Waals surface area (Å²) >= 11 is 0. The van der Waals surface area contributed by atoms with Crippen LogP contribution in [0.2, 0.25) is 0 Å². The Bertz CT molecular complexity index is 550. The lowest BCUT2D eigenvalue weighted by Crippen LogP contribution is -2.04. The van der Waals surface area contributed by atoms with Gasteiger partial charge in [0.1, 0.15) is 5.52 Å². The summed E-state index contributed by atoms with van der Waals surface area (Å²) in [6.45, 7) is 4.06. The Morgan fingerprint density at radius 3 is 3.06 bits per heavy atom. The van der Waals surface area contributed by atoms with Crippen molar-refractivity contribution in [3.8, 4) is 0 Å². The Hall–Kier alpha value is -1.95. The number of benzene rings is 1. The molecular weight excluding hydrogens is 234 g/mol. The molecule has 96 valence electrons. The van der Waals surface area contributed by atoms with Gasteiger partial charge in [0.15, 0.2) is 0 Å². The van der Waals surface area contributed by atoms with Gasteiger partial charge in [0.2, 0.25) is 0 Å². The Morgan fingerprint density at radius 1 is 1.50 bits per heavy atom. The number of aryl methyl sites for hydroxylation is 1. The molecule has 1 N–H and O–H groups in total. The van der Waals surface area contributed by atoms with E-state index in [9.17, 15) is 4.79 Å². The molecule has 2 aromatic rings. The minimum absolute atomic E-state index is 0.226. The zero-order valence-corrected chi connectivity index (χ0v) is 10.2. The highest BCUT2D eigenvalue weighted by atomic mass is 16.5. The number of rotatable bonds is 6. The standard InChI is InChI=1S/C12H15N3O3/c1-2-18-7-3-6-15-11-5-4-9(12(16)17)8-10(11)13-14-15/h4-5,8H,2-3,6-7H2,1H3,(H,16,17). The van der Waals surface area contributed by atoms with Crippen LogP contribution in [-0.4, -0.2) is 39.3 Å². The normalized spacial score (nSPS) is 10.9. The molecule has 0 saturated heterocycles. The van der Waals surface area contributed by atoms with Crippen molar-refractivity contribution in [3.63, 3.8) is 0 Å². The Balaban J connectivity index is 2.13. The van der Waals surface area contributed by atoms with Gasteiger partial charge >= 0.3 is 5.97 Å². The molecule has 0 spiro atoms. The highest BCUT2D eigenvalue weighted by Gasteiger charge is 2.08. The van der Waals surface area contributed by atoms with Crippen molar-refractivity contribution in [1.29, 1.82) is 0 Å². The lowest BCUT2D eigenvalue weighted by molar-refractivity contribution is 0.0697. The maximum atomic E-state index is 10.8. The smallest absolute Gasteiger partial charge is 0.335 e. The van der Waals surface area contributed by atoms with Crippen molar-refractivity contribution >= 4 is 17.0 Å². The van der Waals surface area contributed by atoms with Crippen LogP contribution in [0.3, 0.4) is 0 Å². The second-order valence-electron chi connectivity index (χ2n) is 3.87. The molecule has 6 heteroatoms. The summed E-state index contributed by atoms with van der Waals surface area (Å²) < 4.78 is 7.02. The van der Waals surface area contributed by atoms with Crippen molar-refractivity contribution in [2.45, 2.75) is 19.9 Å². The van der Waals surface area contributed by atoms with Gasteiger partial charge in [-0.1, -0.05) is 5.21 Å². The first kappa shape index (κ1) is 12.5. The Morgan fingerprint density at radius 2 is 2.33 bits per heavy atom. The van der Waals surface area contributed by atoms with E-state index in [2.05, 4.69) is 10.3 Å². The summed E-state index contributed by atoms with van der Waals surface area (Å²) in [5.74, 6) is -0.956. The van der Waals surface area contributed by atoms with Gasteiger partial charge in [-0.3, -0.25) is 0 Å². The Kier molecular flexibility index (Phi) is 3.88. The number of aromatic carboxylic acids is 1. The number of aromatic nitrogens is 3. The molecule has 1 heterocycles. The van der Waals surface area contributed by atoms with E-state index in [1.54, 1.807) is 16.8 Å². The molecule has 0 fully saturated rings. The SMILES string of the molecule is CCOCCCn1nnc2cc(C(=O)O)ccc21. The molecule has 0 radical (unpaired) electrons. The van der Waals surface area contributed by atoms with E-state index in [0.717, 1.165) is 11.9 Å². The minimum Gasteiger partial charge on any atom is -0.478 e. The summed E-state index contributed by atoms with van der Waals surface area (Å²) in [6, 6.07) is 4.83. The van der Waals surface area contributed by atoms with Crippen molar-refractivity contribution in [3.05, 3.63) is 23.8 Å². The highest BCUT2D eigenvalue weighted by Crippen LogP contribution is 2.13. The van der Waals surface area contributed by atoms with Crippen molar-refractivity contribution in [1.82, 2.24) is 15.0 Å². The van der Waals surface area contributed by atoms with Crippen LogP contribution in [-0.2, 0) is 11.3 Å². The maximum Gasteiger partial charge on any atom is 0.335 e. The third-order valence-corrected chi connectivity index (χ3v) is 2.62. The molecule has 1 aromatic carbocycles. The van der Waals surface area contributed by atoms with Gasteiger partial charge in [0, 0.05) is 19.8 Å². The third kappa shape index (κ3) is 2.65. The summed E-state index contributed by atoms with van der Waals surface area (Å²) in [4.78, 5) is 10.8. The Labute approximate surface area is 104 Å². The van der Waals surface area contributed by atoms with Gasteiger partial charge in [-0.15, -0.1) is 5.10 Å². The fourth-order valence-corrected chi connectivity index (χ4v) is 1.73. The van der Waals surface area contributed by atoms with Crippen LogP contribution in [0.15, 0.2) is 18.2 Å². The van der Waals surface area contributed by atoms with Crippen LogP contribution in [0.25, 0.3) is 11.0 Å². The summed E-state index contributed by atoms with van der Waals surface area (Å²) in [5.41, 5.74) is 1.67. The molecule has 0 aliphatic heterocycles. The lowest BCUT2D eigenvalue weighted by atomic mass is 10.2. The van der Waals surface area contributed by atoms with E-state index in [1.807, 2.05) is 6.92 Å². The van der Waals surface area contributed by atoms with Crippen LogP contribution >= 0.6 is 0 Å². The molecule has 0 aliphatic rings. The number of hydrogen-bond acceptors (Lipinski definition) is 4. The van der Waals surface area contributed by atoms with Gasteiger partial charge in [-0.25, -0.2) is 9.48 Å². The molecule has 6 nitrogen and oxygen atoms in total. The fourth-order valence-electron chi connectivity index (χ4n) is 1.73. The van der Waals surface area contributed by atoms with Gasteiger partial charge in [0.25, 0.3) is 0 Å². The van der Waals surface area contributed by atoms with Crippen LogP contribution in [0.4, 0.5) is 0 Å². The molecule has 0 aliphatic carbocycles. The zero-order chi connectivity index (χ0) is 13.0. The predicted molar refractivity (Wildman–Crippen MR) is 65.6 cm³/mol. The van der Waals surface area contributed by atoms with E-state index in [1.165, 1.54) is 6.07 Å². The van der Waals surface area contributed by atoms with Crippen LogP contribution in [0.5, 0.6) is 0 Å². The molecule has 0 unspecified atom stereocenters. The monoisotopic (exact) mass is 249 g/mol. The highest BCUT2D eigenvalue weighted by molar-refractivity contribution is 5.92. The summed E-state index contributed by atoms with van der Waals surface area (Å²) in [7, 11) is 0. The second-order valence-corrected chi connectivity index (χ2v) is 3.87. The third-order valence-electron chi connectivity index (χ3n) is 2.62. The lowest BCUT2D eigenvalue weighted by Gasteiger charge is -2.02. The quantitative estimate of drug-likeness (QED) is 0.786. The molecule has 0 saturated carbocycles. The van der Waals surface area contributed by atoms with Crippen molar-refractivity contribution in [2.24, 2.45) is 0 Å². The first-order valence-corrected chi connectivity index (χ1v) is 5.86. The molecule has 1 aromatic heterocycles.